The van der Waals surface area contributed by atoms with Crippen molar-refractivity contribution in [3.63, 3.8) is 0 Å². The maximum absolute atomic E-state index is 2.56. The van der Waals surface area contributed by atoms with E-state index in [-0.39, 0.29) is 0 Å². The zero-order valence-corrected chi connectivity index (χ0v) is 9.69. The van der Waals surface area contributed by atoms with Gasteiger partial charge in [-0.1, -0.05) is 37.3 Å². The Kier molecular flexibility index (Phi) is 3.39. The van der Waals surface area contributed by atoms with Gasteiger partial charge in [-0.25, -0.2) is 0 Å². The third kappa shape index (κ3) is 2.39. The Morgan fingerprint density at radius 1 is 1.20 bits per heavy atom. The number of nitrogens with zero attached hydrogens (tertiary/aromatic N) is 2. The Morgan fingerprint density at radius 3 is 2.60 bits per heavy atom. The quantitative estimate of drug-likeness (QED) is 0.727. The minimum absolute atomic E-state index is 0.579. The fraction of sp³-hybridized carbons (Fsp3) is 0.538. The van der Waals surface area contributed by atoms with Crippen LogP contribution >= 0.6 is 0 Å². The predicted octanol–water partition coefficient (Wildman–Crippen LogP) is 1.99. The molecule has 82 valence electrons. The fourth-order valence-corrected chi connectivity index (χ4v) is 2.33. The van der Waals surface area contributed by atoms with Gasteiger partial charge in [-0.05, 0) is 19.2 Å². The molecule has 1 aromatic carbocycles. The van der Waals surface area contributed by atoms with Crippen LogP contribution in [0.15, 0.2) is 30.3 Å². The van der Waals surface area contributed by atoms with E-state index in [9.17, 15) is 0 Å². The van der Waals surface area contributed by atoms with Crippen LogP contribution in [0.25, 0.3) is 0 Å². The molecule has 0 spiro atoms. The molecule has 1 aliphatic rings. The summed E-state index contributed by atoms with van der Waals surface area (Å²) in [5, 5.41) is 0. The highest BCUT2D eigenvalue weighted by Gasteiger charge is 2.24. The molecule has 0 bridgehead atoms. The monoisotopic (exact) mass is 204 g/mol. The first-order valence-electron chi connectivity index (χ1n) is 5.79. The molecule has 2 heteroatoms. The fourth-order valence-electron chi connectivity index (χ4n) is 2.33. The molecule has 0 aromatic heterocycles. The second-order valence-corrected chi connectivity index (χ2v) is 4.32. The molecule has 2 nitrogen and oxygen atoms in total. The zero-order valence-electron chi connectivity index (χ0n) is 9.69. The Bertz CT molecular complexity index is 297. The van der Waals surface area contributed by atoms with Crippen LogP contribution in [-0.4, -0.2) is 43.0 Å². The molecule has 1 atom stereocenters. The molecule has 2 rings (SSSR count). The van der Waals surface area contributed by atoms with E-state index in [4.69, 9.17) is 0 Å². The van der Waals surface area contributed by atoms with Crippen LogP contribution in [0.2, 0.25) is 0 Å². The van der Waals surface area contributed by atoms with Crippen molar-refractivity contribution in [2.75, 3.05) is 33.2 Å². The lowest BCUT2D eigenvalue weighted by Crippen LogP contribution is -2.46. The van der Waals surface area contributed by atoms with Crippen LogP contribution in [0.4, 0.5) is 0 Å². The van der Waals surface area contributed by atoms with Gasteiger partial charge in [-0.3, -0.25) is 4.90 Å². The van der Waals surface area contributed by atoms with Crippen molar-refractivity contribution in [3.05, 3.63) is 35.9 Å². The Morgan fingerprint density at radius 2 is 1.93 bits per heavy atom. The van der Waals surface area contributed by atoms with Gasteiger partial charge >= 0.3 is 0 Å². The summed E-state index contributed by atoms with van der Waals surface area (Å²) in [6.45, 7) is 6.93. The standard InChI is InChI=1S/C13H20N2/c1-3-15-10-9-14(2)11-13(15)12-7-5-4-6-8-12/h4-8,13H,3,9-11H2,1-2H3. The molecule has 1 fully saturated rings. The van der Waals surface area contributed by atoms with Gasteiger partial charge in [-0.15, -0.1) is 0 Å². The van der Waals surface area contributed by atoms with Crippen LogP contribution in [0.3, 0.4) is 0 Å². The predicted molar refractivity (Wildman–Crippen MR) is 63.9 cm³/mol. The maximum atomic E-state index is 2.56. The minimum Gasteiger partial charge on any atom is -0.303 e. The summed E-state index contributed by atoms with van der Waals surface area (Å²) in [5.41, 5.74) is 1.45. The summed E-state index contributed by atoms with van der Waals surface area (Å²) in [6.07, 6.45) is 0. The molecule has 0 amide bonds. The van der Waals surface area contributed by atoms with Gasteiger partial charge in [0.15, 0.2) is 0 Å². The van der Waals surface area contributed by atoms with Crippen molar-refractivity contribution in [1.82, 2.24) is 9.80 Å². The van der Waals surface area contributed by atoms with E-state index in [1.807, 2.05) is 0 Å². The largest absolute Gasteiger partial charge is 0.303 e. The van der Waals surface area contributed by atoms with E-state index < -0.39 is 0 Å². The van der Waals surface area contributed by atoms with Crippen molar-refractivity contribution in [2.24, 2.45) is 0 Å². The molecule has 0 saturated carbocycles. The first-order chi connectivity index (χ1) is 7.31. The van der Waals surface area contributed by atoms with Crippen molar-refractivity contribution >= 4 is 0 Å². The topological polar surface area (TPSA) is 6.48 Å². The second kappa shape index (κ2) is 4.77. The van der Waals surface area contributed by atoms with Crippen LogP contribution in [0.5, 0.6) is 0 Å². The van der Waals surface area contributed by atoms with Gasteiger partial charge in [0.1, 0.15) is 0 Å². The first kappa shape index (κ1) is 10.7. The minimum atomic E-state index is 0.579. The number of piperazine rings is 1. The van der Waals surface area contributed by atoms with E-state index in [0.717, 1.165) is 13.1 Å². The van der Waals surface area contributed by atoms with E-state index in [0.29, 0.717) is 6.04 Å². The van der Waals surface area contributed by atoms with Gasteiger partial charge < -0.3 is 4.90 Å². The van der Waals surface area contributed by atoms with Gasteiger partial charge in [0.25, 0.3) is 0 Å². The third-order valence-electron chi connectivity index (χ3n) is 3.28. The first-order valence-corrected chi connectivity index (χ1v) is 5.79. The highest BCUT2D eigenvalue weighted by atomic mass is 15.3. The second-order valence-electron chi connectivity index (χ2n) is 4.32. The van der Waals surface area contributed by atoms with Crippen LogP contribution in [0.1, 0.15) is 18.5 Å². The Labute approximate surface area is 92.5 Å². The maximum Gasteiger partial charge on any atom is 0.0475 e. The SMILES string of the molecule is CCN1CCN(C)CC1c1ccccc1. The molecule has 0 N–H and O–H groups in total. The highest BCUT2D eigenvalue weighted by molar-refractivity contribution is 5.20. The summed E-state index contributed by atoms with van der Waals surface area (Å²) in [6, 6.07) is 11.4. The highest BCUT2D eigenvalue weighted by Crippen LogP contribution is 2.23. The molecule has 1 saturated heterocycles. The van der Waals surface area contributed by atoms with Gasteiger partial charge in [-0.2, -0.15) is 0 Å². The lowest BCUT2D eigenvalue weighted by molar-refractivity contribution is 0.0952. The summed E-state index contributed by atoms with van der Waals surface area (Å²) < 4.78 is 0. The van der Waals surface area contributed by atoms with Gasteiger partial charge in [0.05, 0.1) is 0 Å². The normalized spacial score (nSPS) is 24.3. The Balaban J connectivity index is 2.17. The van der Waals surface area contributed by atoms with Gasteiger partial charge in [0.2, 0.25) is 0 Å². The van der Waals surface area contributed by atoms with Gasteiger partial charge in [0, 0.05) is 25.7 Å². The summed E-state index contributed by atoms with van der Waals surface area (Å²) >= 11 is 0. The molecular weight excluding hydrogens is 184 g/mol. The van der Waals surface area contributed by atoms with Crippen LogP contribution in [0, 0.1) is 0 Å². The lowest BCUT2D eigenvalue weighted by atomic mass is 10.0. The number of hydrogen-bond acceptors (Lipinski definition) is 2. The molecule has 0 radical (unpaired) electrons. The molecule has 15 heavy (non-hydrogen) atoms. The number of likely N-dealkylation sites (N-methyl/N-ethyl adjacent to an activating group) is 2. The van der Waals surface area contributed by atoms with E-state index >= 15 is 0 Å². The van der Waals surface area contributed by atoms with E-state index in [1.165, 1.54) is 18.7 Å². The van der Waals surface area contributed by atoms with E-state index in [2.05, 4.69) is 54.1 Å². The zero-order chi connectivity index (χ0) is 10.7. The molecule has 1 aliphatic heterocycles. The summed E-state index contributed by atoms with van der Waals surface area (Å²) in [7, 11) is 2.21. The Hall–Kier alpha value is -0.860. The molecule has 1 heterocycles. The molecule has 1 unspecified atom stereocenters. The smallest absolute Gasteiger partial charge is 0.0475 e. The molecule has 0 aliphatic carbocycles. The number of benzene rings is 1. The summed E-state index contributed by atoms with van der Waals surface area (Å²) in [5.74, 6) is 0. The van der Waals surface area contributed by atoms with Crippen LogP contribution < -0.4 is 0 Å². The third-order valence-corrected chi connectivity index (χ3v) is 3.28. The van der Waals surface area contributed by atoms with Crippen molar-refractivity contribution < 1.29 is 0 Å². The van der Waals surface area contributed by atoms with Crippen molar-refractivity contribution in [2.45, 2.75) is 13.0 Å². The lowest BCUT2D eigenvalue weighted by Gasteiger charge is -2.39. The average Bonchev–Trinajstić information content (AvgIpc) is 2.30. The number of rotatable bonds is 2. The van der Waals surface area contributed by atoms with Crippen molar-refractivity contribution in [1.29, 1.82) is 0 Å². The summed E-state index contributed by atoms with van der Waals surface area (Å²) in [4.78, 5) is 4.99. The average molecular weight is 204 g/mol. The molecule has 1 aromatic rings. The van der Waals surface area contributed by atoms with Crippen molar-refractivity contribution in [3.8, 4) is 0 Å². The number of hydrogen-bond donors (Lipinski definition) is 0. The molecular formula is C13H20N2. The van der Waals surface area contributed by atoms with Crippen LogP contribution in [-0.2, 0) is 0 Å². The van der Waals surface area contributed by atoms with E-state index in [1.54, 1.807) is 0 Å².